The average Bonchev–Trinajstić information content (AvgIpc) is 2.67. The van der Waals surface area contributed by atoms with Crippen molar-refractivity contribution >= 4 is 28.1 Å². The van der Waals surface area contributed by atoms with Crippen LogP contribution in [0.5, 0.6) is 5.75 Å². The van der Waals surface area contributed by atoms with Crippen molar-refractivity contribution < 1.29 is 14.5 Å². The highest BCUT2D eigenvalue weighted by molar-refractivity contribution is 6.01. The molecule has 6 nitrogen and oxygen atoms in total. The van der Waals surface area contributed by atoms with Gasteiger partial charge in [-0.05, 0) is 35.4 Å². The van der Waals surface area contributed by atoms with Crippen LogP contribution >= 0.6 is 0 Å². The summed E-state index contributed by atoms with van der Waals surface area (Å²) in [5.41, 5.74) is 2.36. The summed E-state index contributed by atoms with van der Waals surface area (Å²) in [6, 6.07) is 16.4. The minimum Gasteiger partial charge on any atom is -0.494 e. The van der Waals surface area contributed by atoms with Gasteiger partial charge in [0.05, 0.1) is 11.5 Å². The van der Waals surface area contributed by atoms with Gasteiger partial charge in [-0.3, -0.25) is 14.9 Å². The smallest absolute Gasteiger partial charge is 0.269 e. The molecule has 1 unspecified atom stereocenters. The molecule has 3 aromatic rings. The average molecular weight is 362 g/mol. The topological polar surface area (TPSA) is 81.5 Å². The molecule has 1 aliphatic heterocycles. The van der Waals surface area contributed by atoms with E-state index in [1.807, 2.05) is 43.3 Å². The molecule has 27 heavy (non-hydrogen) atoms. The number of amides is 1. The summed E-state index contributed by atoms with van der Waals surface area (Å²) in [7, 11) is 0. The number of benzene rings is 3. The summed E-state index contributed by atoms with van der Waals surface area (Å²) < 4.78 is 5.73. The number of nitro groups is 1. The zero-order valence-corrected chi connectivity index (χ0v) is 14.8. The number of hydrogen-bond acceptors (Lipinski definition) is 4. The molecule has 4 rings (SSSR count). The molecule has 1 N–H and O–H groups in total. The van der Waals surface area contributed by atoms with Gasteiger partial charge in [0.2, 0.25) is 5.91 Å². The SMILES string of the molecule is CCOc1ccc([N+](=O)[O-])cc1C1CC(=O)Nc2ccc3ccccc3c21. The van der Waals surface area contributed by atoms with Crippen molar-refractivity contribution in [1.82, 2.24) is 0 Å². The third kappa shape index (κ3) is 2.99. The van der Waals surface area contributed by atoms with E-state index in [4.69, 9.17) is 4.74 Å². The van der Waals surface area contributed by atoms with Crippen LogP contribution in [0.3, 0.4) is 0 Å². The van der Waals surface area contributed by atoms with Crippen molar-refractivity contribution in [2.45, 2.75) is 19.3 Å². The number of nitro benzene ring substituents is 1. The number of fused-ring (bicyclic) bond motifs is 3. The van der Waals surface area contributed by atoms with Crippen LogP contribution in [-0.4, -0.2) is 17.4 Å². The Bertz CT molecular complexity index is 1060. The van der Waals surface area contributed by atoms with E-state index in [9.17, 15) is 14.9 Å². The van der Waals surface area contributed by atoms with E-state index in [0.717, 1.165) is 22.0 Å². The molecule has 0 saturated heterocycles. The maximum atomic E-state index is 12.3. The van der Waals surface area contributed by atoms with E-state index in [1.165, 1.54) is 12.1 Å². The summed E-state index contributed by atoms with van der Waals surface area (Å²) in [6.07, 6.45) is 0.211. The van der Waals surface area contributed by atoms with Gasteiger partial charge >= 0.3 is 0 Å². The van der Waals surface area contributed by atoms with E-state index in [0.29, 0.717) is 17.9 Å². The lowest BCUT2D eigenvalue weighted by atomic mass is 9.81. The Morgan fingerprint density at radius 3 is 2.78 bits per heavy atom. The van der Waals surface area contributed by atoms with Crippen molar-refractivity contribution in [3.05, 3.63) is 75.8 Å². The van der Waals surface area contributed by atoms with Gasteiger partial charge in [-0.15, -0.1) is 0 Å². The van der Waals surface area contributed by atoms with E-state index in [-0.39, 0.29) is 23.9 Å². The molecule has 0 aliphatic carbocycles. The lowest BCUT2D eigenvalue weighted by Gasteiger charge is -2.28. The lowest BCUT2D eigenvalue weighted by molar-refractivity contribution is -0.384. The van der Waals surface area contributed by atoms with Crippen LogP contribution in [-0.2, 0) is 4.79 Å². The molecule has 3 aromatic carbocycles. The molecule has 1 heterocycles. The largest absolute Gasteiger partial charge is 0.494 e. The zero-order chi connectivity index (χ0) is 19.0. The highest BCUT2D eigenvalue weighted by atomic mass is 16.6. The van der Waals surface area contributed by atoms with Crippen LogP contribution in [0, 0.1) is 10.1 Å². The fourth-order valence-corrected chi connectivity index (χ4v) is 3.74. The van der Waals surface area contributed by atoms with Gasteiger partial charge in [-0.25, -0.2) is 0 Å². The monoisotopic (exact) mass is 362 g/mol. The second kappa shape index (κ2) is 6.72. The maximum Gasteiger partial charge on any atom is 0.269 e. The molecule has 1 atom stereocenters. The van der Waals surface area contributed by atoms with Crippen molar-refractivity contribution in [3.8, 4) is 5.75 Å². The Hall–Kier alpha value is -3.41. The van der Waals surface area contributed by atoms with Gasteiger partial charge in [0.25, 0.3) is 5.69 Å². The molecule has 1 aliphatic rings. The Labute approximate surface area is 155 Å². The number of rotatable bonds is 4. The number of carbonyl (C=O) groups excluding carboxylic acids is 1. The van der Waals surface area contributed by atoms with Gasteiger partial charge in [0, 0.05) is 35.7 Å². The molecule has 0 aromatic heterocycles. The van der Waals surface area contributed by atoms with Gasteiger partial charge in [0.1, 0.15) is 5.75 Å². The van der Waals surface area contributed by atoms with Crippen LogP contribution in [0.4, 0.5) is 11.4 Å². The van der Waals surface area contributed by atoms with E-state index in [2.05, 4.69) is 5.32 Å². The molecule has 0 bridgehead atoms. The fraction of sp³-hybridized carbons (Fsp3) is 0.190. The predicted molar refractivity (Wildman–Crippen MR) is 103 cm³/mol. The standard InChI is InChI=1S/C21H18N2O4/c1-2-27-19-10-8-14(23(25)26)11-16(19)17-12-20(24)22-18-9-7-13-5-3-4-6-15(13)21(17)18/h3-11,17H,2,12H2,1H3,(H,22,24). The first-order valence-corrected chi connectivity index (χ1v) is 8.81. The quantitative estimate of drug-likeness (QED) is 0.542. The van der Waals surface area contributed by atoms with Gasteiger partial charge in [0.15, 0.2) is 0 Å². The molecule has 0 radical (unpaired) electrons. The van der Waals surface area contributed by atoms with Crippen LogP contribution in [0.25, 0.3) is 10.8 Å². The molecular weight excluding hydrogens is 344 g/mol. The van der Waals surface area contributed by atoms with E-state index >= 15 is 0 Å². The zero-order valence-electron chi connectivity index (χ0n) is 14.8. The molecule has 136 valence electrons. The molecule has 0 saturated carbocycles. The number of nitrogens with one attached hydrogen (secondary N) is 1. The highest BCUT2D eigenvalue weighted by Gasteiger charge is 2.31. The third-order valence-corrected chi connectivity index (χ3v) is 4.86. The summed E-state index contributed by atoms with van der Waals surface area (Å²) >= 11 is 0. The number of hydrogen-bond donors (Lipinski definition) is 1. The van der Waals surface area contributed by atoms with Gasteiger partial charge in [-0.1, -0.05) is 30.3 Å². The predicted octanol–water partition coefficient (Wildman–Crippen LogP) is 4.62. The third-order valence-electron chi connectivity index (χ3n) is 4.86. The van der Waals surface area contributed by atoms with Crippen molar-refractivity contribution in [1.29, 1.82) is 0 Å². The van der Waals surface area contributed by atoms with Crippen LogP contribution < -0.4 is 10.1 Å². The first kappa shape index (κ1) is 17.0. The Morgan fingerprint density at radius 2 is 2.00 bits per heavy atom. The van der Waals surface area contributed by atoms with Gasteiger partial charge in [-0.2, -0.15) is 0 Å². The highest BCUT2D eigenvalue weighted by Crippen LogP contribution is 2.45. The second-order valence-electron chi connectivity index (χ2n) is 6.47. The van der Waals surface area contributed by atoms with Gasteiger partial charge < -0.3 is 10.1 Å². The minimum atomic E-state index is -0.424. The first-order chi connectivity index (χ1) is 13.1. The Morgan fingerprint density at radius 1 is 1.19 bits per heavy atom. The summed E-state index contributed by atoms with van der Waals surface area (Å²) in [4.78, 5) is 23.2. The normalized spacial score (nSPS) is 15.9. The second-order valence-corrected chi connectivity index (χ2v) is 6.47. The molecule has 1 amide bonds. The van der Waals surface area contributed by atoms with Crippen molar-refractivity contribution in [3.63, 3.8) is 0 Å². The van der Waals surface area contributed by atoms with E-state index < -0.39 is 4.92 Å². The summed E-state index contributed by atoms with van der Waals surface area (Å²) in [6.45, 7) is 2.30. The Balaban J connectivity index is 1.98. The van der Waals surface area contributed by atoms with Crippen molar-refractivity contribution in [2.75, 3.05) is 11.9 Å². The lowest BCUT2D eigenvalue weighted by Crippen LogP contribution is -2.24. The molecule has 0 spiro atoms. The first-order valence-electron chi connectivity index (χ1n) is 8.81. The fourth-order valence-electron chi connectivity index (χ4n) is 3.74. The molecular formula is C21H18N2O4. The van der Waals surface area contributed by atoms with Crippen LogP contribution in [0.1, 0.15) is 30.4 Å². The molecule has 0 fully saturated rings. The number of nitrogens with zero attached hydrogens (tertiary/aromatic N) is 1. The number of ether oxygens (including phenoxy) is 1. The number of non-ortho nitro benzene ring substituents is 1. The van der Waals surface area contributed by atoms with Crippen LogP contribution in [0.2, 0.25) is 0 Å². The Kier molecular flexibility index (Phi) is 4.24. The number of carbonyl (C=O) groups is 1. The summed E-state index contributed by atoms with van der Waals surface area (Å²) in [5.74, 6) is 0.139. The van der Waals surface area contributed by atoms with Crippen molar-refractivity contribution in [2.24, 2.45) is 0 Å². The minimum absolute atomic E-state index is 0.0128. The van der Waals surface area contributed by atoms with Crippen LogP contribution in [0.15, 0.2) is 54.6 Å². The maximum absolute atomic E-state index is 12.3. The number of anilines is 1. The van der Waals surface area contributed by atoms with E-state index in [1.54, 1.807) is 6.07 Å². The molecule has 6 heteroatoms. The summed E-state index contributed by atoms with van der Waals surface area (Å²) in [5, 5.41) is 16.3.